The van der Waals surface area contributed by atoms with E-state index in [2.05, 4.69) is 5.32 Å². The zero-order valence-corrected chi connectivity index (χ0v) is 12.1. The predicted molar refractivity (Wildman–Crippen MR) is 74.0 cm³/mol. The lowest BCUT2D eigenvalue weighted by Gasteiger charge is -2.39. The second kappa shape index (κ2) is 5.72. The molecule has 0 radical (unpaired) electrons. The fourth-order valence-electron chi connectivity index (χ4n) is 3.89. The number of hydrogen-bond donors (Lipinski definition) is 1. The van der Waals surface area contributed by atoms with Crippen molar-refractivity contribution in [1.29, 1.82) is 0 Å². The van der Waals surface area contributed by atoms with Gasteiger partial charge in [0.25, 0.3) is 0 Å². The van der Waals surface area contributed by atoms with Crippen LogP contribution in [0.15, 0.2) is 0 Å². The van der Waals surface area contributed by atoms with Crippen molar-refractivity contribution in [2.75, 3.05) is 19.7 Å². The van der Waals surface area contributed by atoms with Gasteiger partial charge >= 0.3 is 0 Å². The van der Waals surface area contributed by atoms with Crippen molar-refractivity contribution < 1.29 is 14.3 Å². The van der Waals surface area contributed by atoms with Crippen LogP contribution >= 0.6 is 0 Å². The predicted octanol–water partition coefficient (Wildman–Crippen LogP) is 0.929. The number of carbonyl (C=O) groups is 2. The first kappa shape index (κ1) is 13.9. The summed E-state index contributed by atoms with van der Waals surface area (Å²) in [4.78, 5) is 26.0. The highest BCUT2D eigenvalue weighted by Gasteiger charge is 2.44. The van der Waals surface area contributed by atoms with Crippen LogP contribution in [0.1, 0.15) is 39.0 Å². The van der Waals surface area contributed by atoms with Gasteiger partial charge in [-0.05, 0) is 19.3 Å². The van der Waals surface area contributed by atoms with E-state index in [0.29, 0.717) is 25.7 Å². The first-order valence-electron chi connectivity index (χ1n) is 7.82. The Hall–Kier alpha value is -1.10. The van der Waals surface area contributed by atoms with E-state index in [1.807, 2.05) is 0 Å². The largest absolute Gasteiger partial charge is 0.376 e. The number of carbonyl (C=O) groups excluding carboxylic acids is 2. The van der Waals surface area contributed by atoms with Crippen LogP contribution in [-0.2, 0) is 14.3 Å². The minimum atomic E-state index is -0.0965. The van der Waals surface area contributed by atoms with E-state index in [0.717, 1.165) is 19.3 Å². The smallest absolute Gasteiger partial charge is 0.225 e. The van der Waals surface area contributed by atoms with E-state index in [9.17, 15) is 9.59 Å². The SMILES string of the molecule is CC(=O)N1C[C@H](C(=O)NC2CCCC2)[C@@H]2CCO[C@@H]2C1. The summed E-state index contributed by atoms with van der Waals surface area (Å²) in [7, 11) is 0. The van der Waals surface area contributed by atoms with Crippen LogP contribution in [0.25, 0.3) is 0 Å². The van der Waals surface area contributed by atoms with Crippen LogP contribution in [0.3, 0.4) is 0 Å². The van der Waals surface area contributed by atoms with Crippen molar-refractivity contribution in [3.8, 4) is 0 Å². The average molecular weight is 280 g/mol. The third-order valence-corrected chi connectivity index (χ3v) is 5.08. The number of piperidine rings is 1. The molecule has 0 aromatic heterocycles. The van der Waals surface area contributed by atoms with Gasteiger partial charge in [-0.15, -0.1) is 0 Å². The van der Waals surface area contributed by atoms with E-state index in [1.54, 1.807) is 11.8 Å². The van der Waals surface area contributed by atoms with Gasteiger partial charge in [-0.2, -0.15) is 0 Å². The summed E-state index contributed by atoms with van der Waals surface area (Å²) in [5, 5.41) is 3.19. The lowest BCUT2D eigenvalue weighted by molar-refractivity contribution is -0.140. The van der Waals surface area contributed by atoms with Crippen molar-refractivity contribution in [1.82, 2.24) is 10.2 Å². The number of hydrogen-bond acceptors (Lipinski definition) is 3. The summed E-state index contributed by atoms with van der Waals surface area (Å²) in [6, 6.07) is 0.343. The highest BCUT2D eigenvalue weighted by molar-refractivity contribution is 5.81. The number of nitrogens with zero attached hydrogens (tertiary/aromatic N) is 1. The van der Waals surface area contributed by atoms with Crippen LogP contribution < -0.4 is 5.32 Å². The van der Waals surface area contributed by atoms with Crippen LogP contribution in [0, 0.1) is 11.8 Å². The molecule has 20 heavy (non-hydrogen) atoms. The van der Waals surface area contributed by atoms with Crippen LogP contribution in [0.2, 0.25) is 0 Å². The van der Waals surface area contributed by atoms with Crippen molar-refractivity contribution in [3.05, 3.63) is 0 Å². The molecule has 3 rings (SSSR count). The Bertz CT molecular complexity index is 393. The fraction of sp³-hybridized carbons (Fsp3) is 0.867. The Kier molecular flexibility index (Phi) is 3.96. The molecule has 3 atom stereocenters. The standard InChI is InChI=1S/C15H24N2O3/c1-10(18)17-8-13(12-6-7-20-14(12)9-17)15(19)16-11-4-2-3-5-11/h11-14H,2-9H2,1H3,(H,16,19)/t12-,13-,14+/m0/s1. The zero-order chi connectivity index (χ0) is 14.1. The number of likely N-dealkylation sites (tertiary alicyclic amines) is 1. The summed E-state index contributed by atoms with van der Waals surface area (Å²) >= 11 is 0. The van der Waals surface area contributed by atoms with Gasteiger partial charge in [0.15, 0.2) is 0 Å². The molecule has 0 aromatic rings. The van der Waals surface area contributed by atoms with Gasteiger partial charge in [-0.1, -0.05) is 12.8 Å². The summed E-state index contributed by atoms with van der Waals surface area (Å²) in [5.74, 6) is 0.355. The van der Waals surface area contributed by atoms with Crippen LogP contribution in [0.5, 0.6) is 0 Å². The molecule has 2 amide bonds. The molecule has 2 aliphatic heterocycles. The van der Waals surface area contributed by atoms with Gasteiger partial charge in [-0.3, -0.25) is 9.59 Å². The normalized spacial score (nSPS) is 34.0. The minimum Gasteiger partial charge on any atom is -0.376 e. The van der Waals surface area contributed by atoms with E-state index < -0.39 is 0 Å². The van der Waals surface area contributed by atoms with E-state index >= 15 is 0 Å². The van der Waals surface area contributed by atoms with E-state index in [4.69, 9.17) is 4.74 Å². The molecule has 2 saturated heterocycles. The molecule has 0 unspecified atom stereocenters. The molecule has 0 spiro atoms. The number of nitrogens with one attached hydrogen (secondary N) is 1. The Morgan fingerprint density at radius 3 is 2.60 bits per heavy atom. The van der Waals surface area contributed by atoms with Crippen LogP contribution in [0.4, 0.5) is 0 Å². The number of fused-ring (bicyclic) bond motifs is 1. The molecule has 2 heterocycles. The lowest BCUT2D eigenvalue weighted by Crippen LogP contribution is -2.54. The van der Waals surface area contributed by atoms with Gasteiger partial charge in [-0.25, -0.2) is 0 Å². The van der Waals surface area contributed by atoms with E-state index in [1.165, 1.54) is 12.8 Å². The van der Waals surface area contributed by atoms with Crippen molar-refractivity contribution in [3.63, 3.8) is 0 Å². The number of amides is 2. The van der Waals surface area contributed by atoms with Crippen molar-refractivity contribution >= 4 is 11.8 Å². The second-order valence-electron chi connectivity index (χ2n) is 6.38. The first-order valence-corrected chi connectivity index (χ1v) is 7.82. The molecule has 1 saturated carbocycles. The summed E-state index contributed by atoms with van der Waals surface area (Å²) in [6.45, 7) is 3.49. The lowest BCUT2D eigenvalue weighted by atomic mass is 9.82. The highest BCUT2D eigenvalue weighted by atomic mass is 16.5. The Balaban J connectivity index is 1.68. The molecule has 112 valence electrons. The maximum absolute atomic E-state index is 12.6. The number of ether oxygens (including phenoxy) is 1. The molecular weight excluding hydrogens is 256 g/mol. The molecule has 5 heteroatoms. The molecule has 1 aliphatic carbocycles. The fourth-order valence-corrected chi connectivity index (χ4v) is 3.89. The zero-order valence-electron chi connectivity index (χ0n) is 12.1. The summed E-state index contributed by atoms with van der Waals surface area (Å²) in [5.41, 5.74) is 0. The van der Waals surface area contributed by atoms with Gasteiger partial charge in [0, 0.05) is 38.6 Å². The first-order chi connectivity index (χ1) is 9.65. The third kappa shape index (κ3) is 2.68. The summed E-state index contributed by atoms with van der Waals surface area (Å²) in [6.07, 6.45) is 5.61. The van der Waals surface area contributed by atoms with Gasteiger partial charge < -0.3 is 15.0 Å². The molecule has 5 nitrogen and oxygen atoms in total. The highest BCUT2D eigenvalue weighted by Crippen LogP contribution is 2.34. The van der Waals surface area contributed by atoms with Gasteiger partial charge in [0.05, 0.1) is 12.0 Å². The van der Waals surface area contributed by atoms with Crippen LogP contribution in [-0.4, -0.2) is 48.6 Å². The van der Waals surface area contributed by atoms with E-state index in [-0.39, 0.29) is 29.8 Å². The quantitative estimate of drug-likeness (QED) is 0.818. The Labute approximate surface area is 120 Å². The molecule has 3 fully saturated rings. The maximum atomic E-state index is 12.6. The maximum Gasteiger partial charge on any atom is 0.225 e. The topological polar surface area (TPSA) is 58.6 Å². The van der Waals surface area contributed by atoms with Crippen molar-refractivity contribution in [2.45, 2.75) is 51.2 Å². The van der Waals surface area contributed by atoms with Gasteiger partial charge in [0.2, 0.25) is 11.8 Å². The minimum absolute atomic E-state index is 0.0395. The van der Waals surface area contributed by atoms with Gasteiger partial charge in [0.1, 0.15) is 0 Å². The Morgan fingerprint density at radius 2 is 1.90 bits per heavy atom. The second-order valence-corrected chi connectivity index (χ2v) is 6.38. The molecule has 0 bridgehead atoms. The number of rotatable bonds is 2. The molecule has 3 aliphatic rings. The molecule has 1 N–H and O–H groups in total. The molecule has 0 aromatic carbocycles. The summed E-state index contributed by atoms with van der Waals surface area (Å²) < 4.78 is 5.71. The third-order valence-electron chi connectivity index (χ3n) is 5.08. The average Bonchev–Trinajstić information content (AvgIpc) is 3.07. The van der Waals surface area contributed by atoms with Crippen molar-refractivity contribution in [2.24, 2.45) is 11.8 Å². The Morgan fingerprint density at radius 1 is 1.15 bits per heavy atom. The monoisotopic (exact) mass is 280 g/mol. The molecular formula is C15H24N2O3.